The molecule has 0 saturated heterocycles. The van der Waals surface area contributed by atoms with Crippen LogP contribution in [0.2, 0.25) is 0 Å². The largest absolute Gasteiger partial charge is 0.459 e. The molecule has 3 aromatic carbocycles. The summed E-state index contributed by atoms with van der Waals surface area (Å²) in [5, 5.41) is 24.4. The summed E-state index contributed by atoms with van der Waals surface area (Å²) in [6, 6.07) is 17.5. The van der Waals surface area contributed by atoms with Gasteiger partial charge in [0.05, 0.1) is 25.3 Å². The number of hydrogen-bond donors (Lipinski definition) is 2. The molecular formula is C45H52N2O11. The first-order valence-corrected chi connectivity index (χ1v) is 20.0. The molecule has 13 nitrogen and oxygen atoms in total. The number of methoxy groups -OCH3 is 1. The number of amides is 1. The molecule has 0 spiro atoms. The lowest BCUT2D eigenvalue weighted by Crippen LogP contribution is -2.70. The van der Waals surface area contributed by atoms with Crippen LogP contribution in [0.1, 0.15) is 72.3 Å². The van der Waals surface area contributed by atoms with Gasteiger partial charge < -0.3 is 43.5 Å². The number of allylic oxidation sites excluding steroid dienone is 1. The number of carbonyl (C=O) groups is 2. The predicted molar refractivity (Wildman–Crippen MR) is 214 cm³/mol. The number of aliphatic hydroxyl groups excluding tert-OH is 2. The second-order valence-corrected chi connectivity index (χ2v) is 15.0. The number of aldehydes is 1. The quantitative estimate of drug-likeness (QED) is 0.0568. The molecule has 1 fully saturated rings. The number of aliphatic hydroxyl groups is 2. The highest BCUT2D eigenvalue weighted by molar-refractivity contribution is 6.03. The molecule has 2 aliphatic carbocycles. The molecule has 308 valence electrons. The zero-order chi connectivity index (χ0) is 40.6. The van der Waals surface area contributed by atoms with Crippen LogP contribution < -0.4 is 18.9 Å². The molecule has 0 unspecified atom stereocenters. The Morgan fingerprint density at radius 3 is 2.50 bits per heavy atom. The van der Waals surface area contributed by atoms with E-state index in [4.69, 9.17) is 33.3 Å². The van der Waals surface area contributed by atoms with Gasteiger partial charge in [0.15, 0.2) is 11.5 Å². The van der Waals surface area contributed by atoms with Gasteiger partial charge in [0.25, 0.3) is 0 Å². The van der Waals surface area contributed by atoms with Gasteiger partial charge in [0.1, 0.15) is 36.7 Å². The zero-order valence-electron chi connectivity index (χ0n) is 33.0. The summed E-state index contributed by atoms with van der Waals surface area (Å²) in [5.41, 5.74) is 3.74. The standard InChI is InChI=1S/C45H52N2O11/c1-4-20-56-45-41(47(44(51)52-2)26-29-14-16-39-40(22-29)55-28-54-39)25-37(46-53-3)35-23-31(11-5-7-18-48)34(13-6-8-19-49)42(43(35)45)36-24-33(15-17-38(36)58-45)57-32-12-9-10-30(21-32)27-50/h4,9-10,12,14-17,21-24,27,31,34,41-43,48-49H,1,5-8,11,13,18-20,25-26,28H2,2-3H3/t31-,34+,41-,42+,43+,45+/m0/s1. The van der Waals surface area contributed by atoms with E-state index in [2.05, 4.69) is 17.8 Å². The SMILES string of the molecule is C=CCO[C@@]12Oc3ccc(Oc4cccc(C=O)c4)cc3[C@H]3[C@H](CCCCO)[C@@H](CCCCO)C=C(C(=NOC)C[C@@H]1N(Cc1ccc4c(c1)OCO4)C(=O)OC)[C@H]32. The van der Waals surface area contributed by atoms with E-state index >= 15 is 0 Å². The Morgan fingerprint density at radius 1 is 0.966 bits per heavy atom. The highest BCUT2D eigenvalue weighted by atomic mass is 16.7. The minimum atomic E-state index is -1.47. The average Bonchev–Trinajstić information content (AvgIpc) is 3.72. The van der Waals surface area contributed by atoms with Gasteiger partial charge in [-0.25, -0.2) is 4.79 Å². The van der Waals surface area contributed by atoms with Crippen LogP contribution in [0.3, 0.4) is 0 Å². The van der Waals surface area contributed by atoms with Crippen LogP contribution >= 0.6 is 0 Å². The van der Waals surface area contributed by atoms with E-state index in [0.717, 1.165) is 48.7 Å². The highest BCUT2D eigenvalue weighted by Gasteiger charge is 2.65. The first-order chi connectivity index (χ1) is 28.4. The summed E-state index contributed by atoms with van der Waals surface area (Å²) in [6.07, 6.45) is 8.82. The van der Waals surface area contributed by atoms with E-state index in [1.165, 1.54) is 14.2 Å². The van der Waals surface area contributed by atoms with Gasteiger partial charge in [-0.2, -0.15) is 0 Å². The number of nitrogens with zero attached hydrogens (tertiary/aromatic N) is 2. The third-order valence-corrected chi connectivity index (χ3v) is 11.7. The Balaban J connectivity index is 1.43. The molecule has 2 aliphatic heterocycles. The third kappa shape index (κ3) is 8.16. The van der Waals surface area contributed by atoms with Crippen molar-refractivity contribution < 1.29 is 53.1 Å². The summed E-state index contributed by atoms with van der Waals surface area (Å²) in [5.74, 6) is 0.687. The third-order valence-electron chi connectivity index (χ3n) is 11.7. The maximum Gasteiger partial charge on any atom is 0.410 e. The molecule has 1 amide bonds. The van der Waals surface area contributed by atoms with Crippen molar-refractivity contribution in [1.29, 1.82) is 0 Å². The molecule has 0 aromatic heterocycles. The number of hydrogen-bond acceptors (Lipinski definition) is 12. The molecule has 2 heterocycles. The summed E-state index contributed by atoms with van der Waals surface area (Å²) in [7, 11) is 2.86. The van der Waals surface area contributed by atoms with E-state index in [0.29, 0.717) is 52.9 Å². The van der Waals surface area contributed by atoms with Crippen LogP contribution in [0.5, 0.6) is 28.7 Å². The Bertz CT molecular complexity index is 2020. The Kier molecular flexibility index (Phi) is 13.0. The summed E-state index contributed by atoms with van der Waals surface area (Å²) in [4.78, 5) is 32.9. The van der Waals surface area contributed by atoms with Gasteiger partial charge in [-0.15, -0.1) is 6.58 Å². The van der Waals surface area contributed by atoms with Crippen molar-refractivity contribution in [3.05, 3.63) is 102 Å². The molecule has 6 atom stereocenters. The smallest absolute Gasteiger partial charge is 0.410 e. The number of benzene rings is 3. The topological polar surface area (TPSA) is 155 Å². The zero-order valence-corrected chi connectivity index (χ0v) is 33.0. The fourth-order valence-electron chi connectivity index (χ4n) is 9.26. The van der Waals surface area contributed by atoms with Crippen LogP contribution in [-0.2, 0) is 20.9 Å². The van der Waals surface area contributed by atoms with E-state index in [-0.39, 0.29) is 57.3 Å². The molecule has 0 bridgehead atoms. The minimum Gasteiger partial charge on any atom is -0.459 e. The molecular weight excluding hydrogens is 744 g/mol. The number of carbonyl (C=O) groups excluding carboxylic acids is 2. The van der Waals surface area contributed by atoms with Gasteiger partial charge in [-0.3, -0.25) is 9.69 Å². The van der Waals surface area contributed by atoms with Crippen LogP contribution in [0.15, 0.2) is 90.1 Å². The Labute approximate surface area is 338 Å². The molecule has 3 aromatic rings. The predicted octanol–water partition coefficient (Wildman–Crippen LogP) is 7.55. The van der Waals surface area contributed by atoms with Crippen molar-refractivity contribution in [1.82, 2.24) is 4.90 Å². The molecule has 2 N–H and O–H groups in total. The lowest BCUT2D eigenvalue weighted by Gasteiger charge is -2.59. The van der Waals surface area contributed by atoms with Gasteiger partial charge in [0.2, 0.25) is 12.6 Å². The molecule has 58 heavy (non-hydrogen) atoms. The Hall–Kier alpha value is -5.37. The number of fused-ring (bicyclic) bond motifs is 3. The van der Waals surface area contributed by atoms with Crippen LogP contribution in [0, 0.1) is 17.8 Å². The molecule has 4 aliphatic rings. The van der Waals surface area contributed by atoms with Crippen molar-refractivity contribution in [2.45, 2.75) is 69.2 Å². The van der Waals surface area contributed by atoms with E-state index < -0.39 is 23.8 Å². The van der Waals surface area contributed by atoms with Crippen LogP contribution in [-0.4, -0.2) is 85.9 Å². The van der Waals surface area contributed by atoms with Gasteiger partial charge in [-0.05, 0) is 91.1 Å². The fourth-order valence-corrected chi connectivity index (χ4v) is 9.26. The monoisotopic (exact) mass is 796 g/mol. The second kappa shape index (κ2) is 18.5. The number of ether oxygens (including phenoxy) is 6. The summed E-state index contributed by atoms with van der Waals surface area (Å²) < 4.78 is 37.4. The number of rotatable bonds is 18. The molecule has 7 rings (SSSR count). The number of oxime groups is 1. The summed E-state index contributed by atoms with van der Waals surface area (Å²) >= 11 is 0. The van der Waals surface area contributed by atoms with Gasteiger partial charge in [-0.1, -0.05) is 48.3 Å². The molecule has 1 saturated carbocycles. The second-order valence-electron chi connectivity index (χ2n) is 15.0. The summed E-state index contributed by atoms with van der Waals surface area (Å²) in [6.45, 7) is 4.50. The fraction of sp³-hybridized carbons (Fsp3) is 0.444. The van der Waals surface area contributed by atoms with Crippen molar-refractivity contribution in [2.24, 2.45) is 22.9 Å². The normalized spacial score (nSPS) is 24.4. The van der Waals surface area contributed by atoms with Crippen LogP contribution in [0.25, 0.3) is 0 Å². The first kappa shape index (κ1) is 40.8. The van der Waals surface area contributed by atoms with Crippen molar-refractivity contribution in [3.63, 3.8) is 0 Å². The minimum absolute atomic E-state index is 0.0185. The maximum absolute atomic E-state index is 14.1. The van der Waals surface area contributed by atoms with Crippen molar-refractivity contribution in [3.8, 4) is 28.7 Å². The van der Waals surface area contributed by atoms with Crippen LogP contribution in [0.4, 0.5) is 4.79 Å². The molecule has 0 radical (unpaired) electrons. The highest BCUT2D eigenvalue weighted by Crippen LogP contribution is 2.62. The maximum atomic E-state index is 14.1. The van der Waals surface area contributed by atoms with Crippen molar-refractivity contribution in [2.75, 3.05) is 40.8 Å². The lowest BCUT2D eigenvalue weighted by atomic mass is 9.55. The molecule has 13 heteroatoms. The lowest BCUT2D eigenvalue weighted by molar-refractivity contribution is -0.256. The van der Waals surface area contributed by atoms with E-state index in [1.807, 2.05) is 36.4 Å². The van der Waals surface area contributed by atoms with Gasteiger partial charge in [0, 0.05) is 43.2 Å². The van der Waals surface area contributed by atoms with Crippen molar-refractivity contribution >= 4 is 18.1 Å². The Morgan fingerprint density at radius 2 is 1.74 bits per heavy atom. The van der Waals surface area contributed by atoms with E-state index in [1.54, 1.807) is 35.2 Å². The van der Waals surface area contributed by atoms with E-state index in [9.17, 15) is 19.8 Å². The average molecular weight is 797 g/mol. The van der Waals surface area contributed by atoms with Gasteiger partial charge >= 0.3 is 6.09 Å². The number of unbranched alkanes of at least 4 members (excludes halogenated alkanes) is 2. The first-order valence-electron chi connectivity index (χ1n) is 20.0.